The minimum atomic E-state index is -0.188. The lowest BCUT2D eigenvalue weighted by molar-refractivity contribution is 0.0783. The fraction of sp³-hybridized carbons (Fsp3) is 0.455. The molecule has 0 aliphatic heterocycles. The van der Waals surface area contributed by atoms with Crippen molar-refractivity contribution in [1.29, 1.82) is 0 Å². The first-order chi connectivity index (χ1) is 8.51. The third-order valence-corrected chi connectivity index (χ3v) is 4.04. The van der Waals surface area contributed by atoms with Crippen LogP contribution in [0.2, 0.25) is 5.02 Å². The number of amides is 1. The van der Waals surface area contributed by atoms with Crippen molar-refractivity contribution in [3.63, 3.8) is 0 Å². The Balaban J connectivity index is 2.92. The van der Waals surface area contributed by atoms with E-state index < -0.39 is 0 Å². The highest BCUT2D eigenvalue weighted by atomic mass is 35.5. The van der Waals surface area contributed by atoms with E-state index in [4.69, 9.17) is 22.5 Å². The van der Waals surface area contributed by atoms with E-state index in [0.717, 1.165) is 12.0 Å². The van der Waals surface area contributed by atoms with Gasteiger partial charge >= 0.3 is 0 Å². The van der Waals surface area contributed by atoms with E-state index in [1.807, 2.05) is 19.2 Å². The van der Waals surface area contributed by atoms with Crippen molar-refractivity contribution >= 4 is 34.7 Å². The first kappa shape index (κ1) is 14.8. The summed E-state index contributed by atoms with van der Waals surface area (Å²) in [5, 5.41) is 13.8. The molecular weight excluding hydrogens is 274 g/mol. The van der Waals surface area contributed by atoms with E-state index in [2.05, 4.69) is 5.16 Å². The smallest absolute Gasteiger partial charge is 0.265 e. The summed E-state index contributed by atoms with van der Waals surface area (Å²) in [6.07, 6.45) is 0.784. The van der Waals surface area contributed by atoms with Gasteiger partial charge in [0.2, 0.25) is 0 Å². The molecule has 0 aliphatic carbocycles. The van der Waals surface area contributed by atoms with Crippen LogP contribution in [0.25, 0.3) is 0 Å². The Morgan fingerprint density at radius 1 is 1.67 bits per heavy atom. The molecule has 0 radical (unpaired) electrons. The zero-order valence-corrected chi connectivity index (χ0v) is 11.9. The van der Waals surface area contributed by atoms with Crippen LogP contribution in [0.1, 0.15) is 28.6 Å². The summed E-state index contributed by atoms with van der Waals surface area (Å²) in [5.41, 5.74) is 6.32. The molecule has 0 aromatic carbocycles. The van der Waals surface area contributed by atoms with Crippen molar-refractivity contribution < 1.29 is 10.0 Å². The summed E-state index contributed by atoms with van der Waals surface area (Å²) >= 11 is 7.38. The van der Waals surface area contributed by atoms with E-state index in [-0.39, 0.29) is 18.3 Å². The van der Waals surface area contributed by atoms with Gasteiger partial charge in [-0.2, -0.15) is 0 Å². The first-order valence-corrected chi connectivity index (χ1v) is 6.76. The molecule has 1 aromatic heterocycles. The van der Waals surface area contributed by atoms with Crippen LogP contribution in [0.5, 0.6) is 0 Å². The topological polar surface area (TPSA) is 78.9 Å². The second-order valence-corrected chi connectivity index (χ2v) is 5.14. The Kier molecular flexibility index (Phi) is 5.43. The minimum absolute atomic E-state index is 0.00111. The molecule has 0 unspecified atom stereocenters. The predicted octanol–water partition coefficient (Wildman–Crippen LogP) is 2.31. The van der Waals surface area contributed by atoms with Crippen LogP contribution in [0, 0.1) is 6.92 Å². The van der Waals surface area contributed by atoms with Crippen LogP contribution in [0.15, 0.2) is 10.5 Å². The third kappa shape index (κ3) is 3.36. The Hall–Kier alpha value is -1.27. The molecule has 18 heavy (non-hydrogen) atoms. The van der Waals surface area contributed by atoms with Crippen molar-refractivity contribution in [1.82, 2.24) is 4.90 Å². The van der Waals surface area contributed by atoms with E-state index in [1.54, 1.807) is 0 Å². The molecule has 0 saturated heterocycles. The van der Waals surface area contributed by atoms with Gasteiger partial charge in [-0.15, -0.1) is 11.3 Å². The van der Waals surface area contributed by atoms with Gasteiger partial charge in [0.05, 0.1) is 11.6 Å². The molecule has 0 bridgehead atoms. The normalized spacial score (nSPS) is 11.6. The number of carbonyl (C=O) groups excluding carboxylic acids is 1. The largest absolute Gasteiger partial charge is 0.409 e. The Morgan fingerprint density at radius 3 is 2.78 bits per heavy atom. The summed E-state index contributed by atoms with van der Waals surface area (Å²) < 4.78 is 0. The molecule has 0 spiro atoms. The number of aryl methyl sites for hydroxylation is 1. The first-order valence-electron chi connectivity index (χ1n) is 5.50. The minimum Gasteiger partial charge on any atom is -0.409 e. The highest BCUT2D eigenvalue weighted by Gasteiger charge is 2.21. The number of hydrogen-bond acceptors (Lipinski definition) is 4. The van der Waals surface area contributed by atoms with E-state index in [1.165, 1.54) is 16.2 Å². The second-order valence-electron chi connectivity index (χ2n) is 3.88. The number of nitrogens with two attached hydrogens (primary N) is 1. The van der Waals surface area contributed by atoms with E-state index in [0.29, 0.717) is 16.4 Å². The van der Waals surface area contributed by atoms with Gasteiger partial charge in [0.15, 0.2) is 5.84 Å². The predicted molar refractivity (Wildman–Crippen MR) is 73.7 cm³/mol. The SMILES string of the molecule is CCCN(C/C(N)=N/O)C(=O)c1scc(C)c1Cl. The van der Waals surface area contributed by atoms with Crippen molar-refractivity contribution in [3.8, 4) is 0 Å². The molecule has 100 valence electrons. The third-order valence-electron chi connectivity index (χ3n) is 2.36. The van der Waals surface area contributed by atoms with Crippen LogP contribution < -0.4 is 5.73 Å². The quantitative estimate of drug-likeness (QED) is 0.378. The number of oxime groups is 1. The van der Waals surface area contributed by atoms with Gasteiger partial charge in [-0.3, -0.25) is 4.79 Å². The van der Waals surface area contributed by atoms with Gasteiger partial charge in [-0.25, -0.2) is 0 Å². The fourth-order valence-corrected chi connectivity index (χ4v) is 2.71. The van der Waals surface area contributed by atoms with Gasteiger partial charge in [-0.05, 0) is 24.3 Å². The number of carbonyl (C=O) groups is 1. The van der Waals surface area contributed by atoms with Gasteiger partial charge in [-0.1, -0.05) is 23.7 Å². The van der Waals surface area contributed by atoms with Gasteiger partial charge in [0.1, 0.15) is 4.88 Å². The molecule has 1 heterocycles. The zero-order valence-electron chi connectivity index (χ0n) is 10.3. The van der Waals surface area contributed by atoms with Crippen LogP contribution in [-0.4, -0.2) is 34.9 Å². The Morgan fingerprint density at radius 2 is 2.33 bits per heavy atom. The molecular formula is C11H16ClN3O2S. The number of thiophene rings is 1. The lowest BCUT2D eigenvalue weighted by Crippen LogP contribution is -2.38. The molecule has 1 rings (SSSR count). The molecule has 1 aromatic rings. The van der Waals surface area contributed by atoms with Crippen LogP contribution in [0.4, 0.5) is 0 Å². The molecule has 7 heteroatoms. The zero-order chi connectivity index (χ0) is 13.7. The molecule has 5 nitrogen and oxygen atoms in total. The summed E-state index contributed by atoms with van der Waals surface area (Å²) in [6.45, 7) is 4.43. The molecule has 0 fully saturated rings. The maximum atomic E-state index is 12.3. The number of rotatable bonds is 5. The van der Waals surface area contributed by atoms with Crippen LogP contribution >= 0.6 is 22.9 Å². The van der Waals surface area contributed by atoms with Gasteiger partial charge in [0, 0.05) is 6.54 Å². The lowest BCUT2D eigenvalue weighted by Gasteiger charge is -2.20. The average molecular weight is 290 g/mol. The van der Waals surface area contributed by atoms with Gasteiger partial charge in [0.25, 0.3) is 5.91 Å². The highest BCUT2D eigenvalue weighted by Crippen LogP contribution is 2.28. The standard InChI is InChI=1S/C11H16ClN3O2S/c1-3-4-15(5-8(13)14-17)11(16)10-9(12)7(2)6-18-10/h6,17H,3-5H2,1-2H3,(H2,13,14). The van der Waals surface area contributed by atoms with Crippen molar-refractivity contribution in [2.75, 3.05) is 13.1 Å². The maximum Gasteiger partial charge on any atom is 0.265 e. The van der Waals surface area contributed by atoms with Crippen molar-refractivity contribution in [2.24, 2.45) is 10.9 Å². The molecule has 0 atom stereocenters. The number of nitrogens with zero attached hydrogens (tertiary/aromatic N) is 2. The Bertz CT molecular complexity index is 459. The lowest BCUT2D eigenvalue weighted by atomic mass is 10.3. The average Bonchev–Trinajstić information content (AvgIpc) is 2.68. The number of hydrogen-bond donors (Lipinski definition) is 2. The molecule has 0 saturated carbocycles. The van der Waals surface area contributed by atoms with Crippen LogP contribution in [0.3, 0.4) is 0 Å². The van der Waals surface area contributed by atoms with E-state index in [9.17, 15) is 4.79 Å². The fourth-order valence-electron chi connectivity index (χ4n) is 1.47. The summed E-state index contributed by atoms with van der Waals surface area (Å²) in [5.74, 6) is -0.187. The maximum absolute atomic E-state index is 12.3. The Labute approximate surface area is 115 Å². The monoisotopic (exact) mass is 289 g/mol. The highest BCUT2D eigenvalue weighted by molar-refractivity contribution is 7.13. The summed E-state index contributed by atoms with van der Waals surface area (Å²) in [6, 6.07) is 0. The molecule has 3 N–H and O–H groups in total. The van der Waals surface area contributed by atoms with Gasteiger partial charge < -0.3 is 15.8 Å². The summed E-state index contributed by atoms with van der Waals surface area (Å²) in [7, 11) is 0. The van der Waals surface area contributed by atoms with Crippen molar-refractivity contribution in [2.45, 2.75) is 20.3 Å². The number of amidine groups is 1. The second kappa shape index (κ2) is 6.61. The summed E-state index contributed by atoms with van der Waals surface area (Å²) in [4.78, 5) is 14.3. The molecule has 0 aliphatic rings. The van der Waals surface area contributed by atoms with E-state index >= 15 is 0 Å². The van der Waals surface area contributed by atoms with Crippen molar-refractivity contribution in [3.05, 3.63) is 20.8 Å². The van der Waals surface area contributed by atoms with Crippen LogP contribution in [-0.2, 0) is 0 Å². The number of halogens is 1. The molecule has 1 amide bonds.